The molecular weight excluding hydrogens is 218 g/mol. The fourth-order valence-corrected chi connectivity index (χ4v) is 1.63. The molecule has 0 atom stereocenters. The third-order valence-electron chi connectivity index (χ3n) is 2.83. The third-order valence-corrected chi connectivity index (χ3v) is 2.83. The predicted octanol–water partition coefficient (Wildman–Crippen LogP) is 1.28. The topological polar surface area (TPSA) is 70.9 Å². The van der Waals surface area contributed by atoms with Gasteiger partial charge in [-0.1, -0.05) is 0 Å². The van der Waals surface area contributed by atoms with Crippen molar-refractivity contribution in [3.05, 3.63) is 40.7 Å². The Hall–Kier alpha value is -1.88. The highest BCUT2D eigenvalue weighted by Crippen LogP contribution is 2.19. The molecule has 17 heavy (non-hydrogen) atoms. The molecule has 0 aromatic carbocycles. The Morgan fingerprint density at radius 2 is 2.41 bits per heavy atom. The normalized spacial score (nSPS) is 15.1. The maximum absolute atomic E-state index is 11.8. The number of nitrogens with one attached hydrogen (secondary N) is 2. The van der Waals surface area contributed by atoms with Crippen molar-refractivity contribution >= 4 is 0 Å². The van der Waals surface area contributed by atoms with Crippen LogP contribution >= 0.6 is 0 Å². The van der Waals surface area contributed by atoms with Crippen molar-refractivity contribution in [2.45, 2.75) is 25.4 Å². The summed E-state index contributed by atoms with van der Waals surface area (Å²) in [7, 11) is 0. The summed E-state index contributed by atoms with van der Waals surface area (Å²) in [4.78, 5) is 18.8. The lowest BCUT2D eigenvalue weighted by Crippen LogP contribution is -2.23. The molecule has 5 heteroatoms. The van der Waals surface area contributed by atoms with E-state index in [0.29, 0.717) is 24.0 Å². The van der Waals surface area contributed by atoms with Gasteiger partial charge in [-0.3, -0.25) is 4.79 Å². The lowest BCUT2D eigenvalue weighted by Gasteiger charge is -2.02. The lowest BCUT2D eigenvalue weighted by atomic mass is 10.3. The molecule has 2 aromatic rings. The van der Waals surface area contributed by atoms with E-state index in [1.807, 2.05) is 0 Å². The SMILES string of the molecule is O=c1[nH]c(-c2ccoc2)ncc1CNC1CC1. The van der Waals surface area contributed by atoms with Crippen LogP contribution in [0.25, 0.3) is 11.4 Å². The van der Waals surface area contributed by atoms with Crippen molar-refractivity contribution in [3.63, 3.8) is 0 Å². The Bertz CT molecular complexity index is 555. The number of aromatic amines is 1. The van der Waals surface area contributed by atoms with Gasteiger partial charge in [-0.2, -0.15) is 0 Å². The zero-order valence-corrected chi connectivity index (χ0v) is 9.27. The maximum Gasteiger partial charge on any atom is 0.255 e. The number of hydrogen-bond acceptors (Lipinski definition) is 4. The van der Waals surface area contributed by atoms with E-state index in [2.05, 4.69) is 15.3 Å². The summed E-state index contributed by atoms with van der Waals surface area (Å²) in [6.45, 7) is 0.582. The molecule has 0 aliphatic heterocycles. The van der Waals surface area contributed by atoms with Crippen molar-refractivity contribution < 1.29 is 4.42 Å². The monoisotopic (exact) mass is 231 g/mol. The number of hydrogen-bond donors (Lipinski definition) is 2. The lowest BCUT2D eigenvalue weighted by molar-refractivity contribution is 0.568. The molecule has 2 aromatic heterocycles. The standard InChI is InChI=1S/C12H13N3O2/c16-12-9(5-13-10-1-2-10)6-14-11(15-12)8-3-4-17-7-8/h3-4,6-7,10,13H,1-2,5H2,(H,14,15,16). The molecule has 1 fully saturated rings. The molecule has 0 spiro atoms. The predicted molar refractivity (Wildman–Crippen MR) is 62.4 cm³/mol. The van der Waals surface area contributed by atoms with E-state index in [1.54, 1.807) is 24.8 Å². The van der Waals surface area contributed by atoms with E-state index in [-0.39, 0.29) is 5.56 Å². The second-order valence-corrected chi connectivity index (χ2v) is 4.25. The van der Waals surface area contributed by atoms with Crippen molar-refractivity contribution in [1.29, 1.82) is 0 Å². The number of aromatic nitrogens is 2. The van der Waals surface area contributed by atoms with Crippen LogP contribution in [0.2, 0.25) is 0 Å². The van der Waals surface area contributed by atoms with Gasteiger partial charge in [0, 0.05) is 24.3 Å². The summed E-state index contributed by atoms with van der Waals surface area (Å²) in [5.74, 6) is 0.541. The first-order chi connectivity index (χ1) is 8.33. The Labute approximate surface area is 97.9 Å². The van der Waals surface area contributed by atoms with Crippen molar-refractivity contribution in [2.75, 3.05) is 0 Å². The Kier molecular flexibility index (Phi) is 2.53. The molecule has 5 nitrogen and oxygen atoms in total. The second kappa shape index (κ2) is 4.18. The molecular formula is C12H13N3O2. The van der Waals surface area contributed by atoms with E-state index < -0.39 is 0 Å². The van der Waals surface area contributed by atoms with Gasteiger partial charge in [0.1, 0.15) is 12.1 Å². The first-order valence-electron chi connectivity index (χ1n) is 5.67. The highest BCUT2D eigenvalue weighted by Gasteiger charge is 2.20. The molecule has 0 saturated heterocycles. The Morgan fingerprint density at radius 3 is 3.06 bits per heavy atom. The van der Waals surface area contributed by atoms with E-state index in [0.717, 1.165) is 5.56 Å². The molecule has 2 N–H and O–H groups in total. The van der Waals surface area contributed by atoms with Gasteiger partial charge in [0.05, 0.1) is 11.8 Å². The summed E-state index contributed by atoms with van der Waals surface area (Å²) >= 11 is 0. The van der Waals surface area contributed by atoms with Crippen LogP contribution in [0.3, 0.4) is 0 Å². The van der Waals surface area contributed by atoms with Crippen LogP contribution in [0.1, 0.15) is 18.4 Å². The fourth-order valence-electron chi connectivity index (χ4n) is 1.63. The van der Waals surface area contributed by atoms with Gasteiger partial charge in [-0.15, -0.1) is 0 Å². The van der Waals surface area contributed by atoms with Gasteiger partial charge in [0.25, 0.3) is 5.56 Å². The first-order valence-corrected chi connectivity index (χ1v) is 5.67. The van der Waals surface area contributed by atoms with Gasteiger partial charge in [0.15, 0.2) is 0 Å². The third kappa shape index (κ3) is 2.29. The van der Waals surface area contributed by atoms with Crippen molar-refractivity contribution in [2.24, 2.45) is 0 Å². The van der Waals surface area contributed by atoms with Crippen LogP contribution in [0.15, 0.2) is 34.0 Å². The summed E-state index contributed by atoms with van der Waals surface area (Å²) in [5, 5.41) is 3.29. The van der Waals surface area contributed by atoms with Crippen LogP contribution in [0.4, 0.5) is 0 Å². The number of rotatable bonds is 4. The van der Waals surface area contributed by atoms with E-state index in [1.165, 1.54) is 12.8 Å². The van der Waals surface area contributed by atoms with Crippen molar-refractivity contribution in [1.82, 2.24) is 15.3 Å². The molecule has 0 radical (unpaired) electrons. The number of furan rings is 1. The van der Waals surface area contributed by atoms with E-state index in [4.69, 9.17) is 4.42 Å². The van der Waals surface area contributed by atoms with Gasteiger partial charge in [0.2, 0.25) is 0 Å². The molecule has 0 amide bonds. The van der Waals surface area contributed by atoms with Crippen LogP contribution in [-0.4, -0.2) is 16.0 Å². The molecule has 2 heterocycles. The van der Waals surface area contributed by atoms with Crippen LogP contribution in [0, 0.1) is 0 Å². The first kappa shape index (κ1) is 10.3. The minimum Gasteiger partial charge on any atom is -0.472 e. The van der Waals surface area contributed by atoms with Crippen molar-refractivity contribution in [3.8, 4) is 11.4 Å². The van der Waals surface area contributed by atoms with Gasteiger partial charge in [-0.25, -0.2) is 4.98 Å². The fraction of sp³-hybridized carbons (Fsp3) is 0.333. The Balaban J connectivity index is 1.80. The average Bonchev–Trinajstić information content (AvgIpc) is 3.00. The number of H-pyrrole nitrogens is 1. The van der Waals surface area contributed by atoms with E-state index >= 15 is 0 Å². The van der Waals surface area contributed by atoms with Crippen LogP contribution in [-0.2, 0) is 6.54 Å². The zero-order valence-electron chi connectivity index (χ0n) is 9.27. The van der Waals surface area contributed by atoms with Gasteiger partial charge < -0.3 is 14.7 Å². The zero-order chi connectivity index (χ0) is 11.7. The minimum absolute atomic E-state index is 0.0932. The quantitative estimate of drug-likeness (QED) is 0.831. The summed E-state index contributed by atoms with van der Waals surface area (Å²) in [6, 6.07) is 2.35. The molecule has 0 bridgehead atoms. The van der Waals surface area contributed by atoms with E-state index in [9.17, 15) is 4.79 Å². The largest absolute Gasteiger partial charge is 0.472 e. The highest BCUT2D eigenvalue weighted by molar-refractivity contribution is 5.51. The van der Waals surface area contributed by atoms with Crippen LogP contribution < -0.4 is 10.9 Å². The average molecular weight is 231 g/mol. The summed E-state index contributed by atoms with van der Waals surface area (Å²) in [6.07, 6.45) is 7.14. The van der Waals surface area contributed by atoms with Crippen LogP contribution in [0.5, 0.6) is 0 Å². The summed E-state index contributed by atoms with van der Waals surface area (Å²) in [5.41, 5.74) is 1.36. The minimum atomic E-state index is -0.0932. The maximum atomic E-state index is 11.8. The molecule has 1 aliphatic carbocycles. The molecule has 0 unspecified atom stereocenters. The highest BCUT2D eigenvalue weighted by atomic mass is 16.3. The van der Waals surface area contributed by atoms with Gasteiger partial charge in [-0.05, 0) is 18.9 Å². The summed E-state index contributed by atoms with van der Waals surface area (Å²) < 4.78 is 4.95. The molecule has 1 aliphatic rings. The second-order valence-electron chi connectivity index (χ2n) is 4.25. The molecule has 88 valence electrons. The molecule has 1 saturated carbocycles. The van der Waals surface area contributed by atoms with Gasteiger partial charge >= 0.3 is 0 Å². The number of nitrogens with zero attached hydrogens (tertiary/aromatic N) is 1. The Morgan fingerprint density at radius 1 is 1.53 bits per heavy atom. The smallest absolute Gasteiger partial charge is 0.255 e. The molecule has 3 rings (SSSR count).